The van der Waals surface area contributed by atoms with Gasteiger partial charge < -0.3 is 4.98 Å². The van der Waals surface area contributed by atoms with E-state index in [9.17, 15) is 0 Å². The van der Waals surface area contributed by atoms with Crippen molar-refractivity contribution in [3.8, 4) is 0 Å². The van der Waals surface area contributed by atoms with Crippen molar-refractivity contribution in [3.63, 3.8) is 0 Å². The Morgan fingerprint density at radius 2 is 1.61 bits per heavy atom. The molecule has 1 aromatic heterocycles. The normalized spacial score (nSPS) is 12.0. The molecule has 1 aromatic carbocycles. The zero-order valence-electron chi connectivity index (χ0n) is 14.3. The molecule has 0 spiro atoms. The van der Waals surface area contributed by atoms with Gasteiger partial charge in [-0.3, -0.25) is 4.99 Å². The summed E-state index contributed by atoms with van der Waals surface area (Å²) in [5.74, 6) is 0. The second-order valence-electron chi connectivity index (χ2n) is 6.75. The van der Waals surface area contributed by atoms with Crippen LogP contribution in [0, 0.1) is 0 Å². The van der Waals surface area contributed by atoms with Crippen LogP contribution in [0.3, 0.4) is 0 Å². The van der Waals surface area contributed by atoms with Crippen LogP contribution in [0.2, 0.25) is 13.1 Å². The second kappa shape index (κ2) is 9.36. The van der Waals surface area contributed by atoms with Crippen molar-refractivity contribution in [1.29, 1.82) is 0 Å². The number of benzene rings is 1. The number of aromatic nitrogens is 1. The van der Waals surface area contributed by atoms with Crippen molar-refractivity contribution in [2.24, 2.45) is 4.99 Å². The number of hydrogen-bond donors (Lipinski definition) is 0. The minimum atomic E-state index is -1.68. The van der Waals surface area contributed by atoms with Crippen molar-refractivity contribution in [2.75, 3.05) is 0 Å². The van der Waals surface area contributed by atoms with Crippen LogP contribution >= 0.6 is 17.0 Å². The topological polar surface area (TPSA) is 26.5 Å². The third-order valence-corrected chi connectivity index (χ3v) is 6.72. The van der Waals surface area contributed by atoms with Gasteiger partial charge in [0.05, 0.1) is 13.6 Å². The van der Waals surface area contributed by atoms with E-state index in [0.717, 1.165) is 5.69 Å². The number of halogens is 2. The van der Waals surface area contributed by atoms with Crippen molar-refractivity contribution in [1.82, 2.24) is 4.98 Å². The van der Waals surface area contributed by atoms with E-state index in [1.54, 1.807) is 0 Å². The van der Waals surface area contributed by atoms with E-state index in [2.05, 4.69) is 81.3 Å². The molecule has 0 amide bonds. The van der Waals surface area contributed by atoms with E-state index in [1.807, 2.05) is 6.21 Å². The molecule has 2 nitrogen and oxygen atoms in total. The van der Waals surface area contributed by atoms with E-state index >= 15 is 0 Å². The van der Waals surface area contributed by atoms with Gasteiger partial charge in [-0.05, 0) is 20.8 Å². The minimum absolute atomic E-state index is 0.0501. The predicted molar refractivity (Wildman–Crippen MR) is 102 cm³/mol. The Morgan fingerprint density at radius 3 is 2.13 bits per heavy atom. The molecule has 0 saturated heterocycles. The Kier molecular flexibility index (Phi) is 8.51. The molecule has 0 unspecified atom stereocenters. The maximum absolute atomic E-state index is 4.93. The van der Waals surface area contributed by atoms with Crippen LogP contribution in [0.4, 0.5) is 0 Å². The zero-order chi connectivity index (χ0) is 17.5. The molecule has 124 valence electrons. The van der Waals surface area contributed by atoms with Gasteiger partial charge in [-0.1, -0.05) is 60.7 Å². The van der Waals surface area contributed by atoms with Crippen LogP contribution in [0.1, 0.15) is 26.5 Å². The van der Waals surface area contributed by atoms with E-state index < -0.39 is 28.9 Å². The predicted octanol–water partition coefficient (Wildman–Crippen LogP) is 4.06. The summed E-state index contributed by atoms with van der Waals surface area (Å²) >= 11 is -0.826. The number of aliphatic imine (C=N–C) groups is 1. The van der Waals surface area contributed by atoms with Gasteiger partial charge in [0.25, 0.3) is 0 Å². The standard InChI is InChI=1S/C17H23N2Si.2ClH.Zr/c1-17(2,3)18-13-14-11-12-16(19-14)20(4,5)15-9-7-6-8-10-15;;;/h6-13H,1-5H3;2*1H;/q-1;;;+2/p-2. The van der Waals surface area contributed by atoms with Crippen molar-refractivity contribution in [2.45, 2.75) is 39.4 Å². The molecule has 0 aliphatic heterocycles. The van der Waals surface area contributed by atoms with E-state index in [0.29, 0.717) is 0 Å². The third kappa shape index (κ3) is 7.09. The molecule has 0 atom stereocenters. The van der Waals surface area contributed by atoms with Gasteiger partial charge in [0, 0.05) is 6.21 Å². The number of nitrogens with zero attached hydrogens (tertiary/aromatic N) is 2. The van der Waals surface area contributed by atoms with Crippen LogP contribution in [-0.2, 0) is 20.8 Å². The first-order valence-corrected chi connectivity index (χ1v) is 16.7. The van der Waals surface area contributed by atoms with Crippen LogP contribution in [0.5, 0.6) is 0 Å². The fraction of sp³-hybridized carbons (Fsp3) is 0.353. The van der Waals surface area contributed by atoms with E-state index in [-0.39, 0.29) is 5.54 Å². The Balaban J connectivity index is 0.000000816. The van der Waals surface area contributed by atoms with Crippen molar-refractivity contribution in [3.05, 3.63) is 48.2 Å². The summed E-state index contributed by atoms with van der Waals surface area (Å²) < 4.78 is 0. The summed E-state index contributed by atoms with van der Waals surface area (Å²) in [6.07, 6.45) is 1.89. The molecule has 23 heavy (non-hydrogen) atoms. The molecule has 0 radical (unpaired) electrons. The van der Waals surface area contributed by atoms with Crippen LogP contribution in [0.25, 0.3) is 0 Å². The SMILES string of the molecule is CC(C)(C)N=Cc1ccc([Si](C)(C)c2ccccc2)[n-]1.[Cl][Zr][Cl]. The summed E-state index contributed by atoms with van der Waals surface area (Å²) in [6, 6.07) is 14.9. The summed E-state index contributed by atoms with van der Waals surface area (Å²) in [4.78, 5) is 9.30. The molecule has 0 N–H and O–H groups in total. The van der Waals surface area contributed by atoms with Crippen LogP contribution in [0.15, 0.2) is 47.5 Å². The number of hydrogen-bond acceptors (Lipinski definition) is 1. The first kappa shape index (κ1) is 20.9. The molecule has 6 heteroatoms. The van der Waals surface area contributed by atoms with Crippen LogP contribution in [-0.4, -0.2) is 19.8 Å². The summed E-state index contributed by atoms with van der Waals surface area (Å²) in [5.41, 5.74) is 0.914. The molecule has 0 saturated carbocycles. The number of rotatable bonds is 3. The molecular weight excluding hydrogens is 422 g/mol. The quantitative estimate of drug-likeness (QED) is 0.517. The average molecular weight is 446 g/mol. The summed E-state index contributed by atoms with van der Waals surface area (Å²) in [5, 5.41) is 2.64. The van der Waals surface area contributed by atoms with Gasteiger partial charge in [0.1, 0.15) is 0 Å². The van der Waals surface area contributed by atoms with Gasteiger partial charge in [0.2, 0.25) is 0 Å². The van der Waals surface area contributed by atoms with E-state index in [1.165, 1.54) is 10.5 Å². The van der Waals surface area contributed by atoms with Gasteiger partial charge in [-0.15, -0.1) is 5.69 Å². The first-order valence-electron chi connectivity index (χ1n) is 7.42. The van der Waals surface area contributed by atoms with Gasteiger partial charge in [-0.2, -0.15) is 5.32 Å². The molecule has 0 bridgehead atoms. The van der Waals surface area contributed by atoms with Gasteiger partial charge in [-0.25, -0.2) is 0 Å². The monoisotopic (exact) mass is 443 g/mol. The Bertz CT molecular complexity index is 619. The fourth-order valence-corrected chi connectivity index (χ4v) is 4.29. The molecule has 2 aromatic rings. The molecular formula is C17H23Cl2N2SiZr-. The molecule has 0 aliphatic carbocycles. The summed E-state index contributed by atoms with van der Waals surface area (Å²) in [7, 11) is 8.19. The molecule has 2 rings (SSSR count). The van der Waals surface area contributed by atoms with Gasteiger partial charge >= 0.3 is 37.9 Å². The van der Waals surface area contributed by atoms with Crippen molar-refractivity contribution < 1.29 is 20.8 Å². The Labute approximate surface area is 159 Å². The van der Waals surface area contributed by atoms with Gasteiger partial charge in [0.15, 0.2) is 0 Å². The third-order valence-electron chi connectivity index (χ3n) is 3.38. The molecule has 1 heterocycles. The Morgan fingerprint density at radius 1 is 1.04 bits per heavy atom. The zero-order valence-corrected chi connectivity index (χ0v) is 19.2. The maximum atomic E-state index is 4.93. The average Bonchev–Trinajstić information content (AvgIpc) is 2.96. The first-order chi connectivity index (χ1) is 10.7. The molecule has 0 fully saturated rings. The fourth-order valence-electron chi connectivity index (χ4n) is 2.06. The molecule has 0 aliphatic rings. The van der Waals surface area contributed by atoms with E-state index in [4.69, 9.17) is 22.0 Å². The van der Waals surface area contributed by atoms with Crippen molar-refractivity contribution >= 4 is 41.8 Å². The van der Waals surface area contributed by atoms with Crippen LogP contribution < -0.4 is 15.5 Å². The second-order valence-corrected chi connectivity index (χ2v) is 14.8. The Hall–Kier alpha value is -0.150. The summed E-state index contributed by atoms with van der Waals surface area (Å²) in [6.45, 7) is 11.0.